The van der Waals surface area contributed by atoms with Gasteiger partial charge in [-0.15, -0.1) is 0 Å². The first-order valence-corrected chi connectivity index (χ1v) is 17.2. The maximum absolute atomic E-state index is 13.0. The zero-order chi connectivity index (χ0) is 29.0. The van der Waals surface area contributed by atoms with Gasteiger partial charge in [0.25, 0.3) is 0 Å². The monoisotopic (exact) mass is 598 g/mol. The third-order valence-electron chi connectivity index (χ3n) is 7.26. The van der Waals surface area contributed by atoms with Crippen molar-refractivity contribution in [2.45, 2.75) is 100 Å². The Hall–Kier alpha value is -2.28. The molecule has 2 N–H and O–H groups in total. The van der Waals surface area contributed by atoms with Gasteiger partial charge in [-0.25, -0.2) is 35.9 Å². The number of hydrogen-bond acceptors (Lipinski definition) is 8. The van der Waals surface area contributed by atoms with Gasteiger partial charge in [-0.3, -0.25) is 0 Å². The van der Waals surface area contributed by atoms with Crippen LogP contribution in [0.1, 0.15) is 76.7 Å². The summed E-state index contributed by atoms with van der Waals surface area (Å²) in [5.74, 6) is -1.64. The van der Waals surface area contributed by atoms with Crippen LogP contribution in [0.2, 0.25) is 0 Å². The fourth-order valence-electron chi connectivity index (χ4n) is 5.15. The van der Waals surface area contributed by atoms with Crippen LogP contribution in [-0.4, -0.2) is 64.6 Å². The molecule has 40 heavy (non-hydrogen) atoms. The molecule has 2 fully saturated rings. The van der Waals surface area contributed by atoms with Crippen LogP contribution in [-0.2, 0) is 45.5 Å². The predicted octanol–water partition coefficient (Wildman–Crippen LogP) is 3.13. The Morgan fingerprint density at radius 3 is 1.77 bits per heavy atom. The van der Waals surface area contributed by atoms with Crippen molar-refractivity contribution in [3.63, 3.8) is 0 Å². The molecule has 224 valence electrons. The predicted molar refractivity (Wildman–Crippen MR) is 152 cm³/mol. The van der Waals surface area contributed by atoms with Crippen LogP contribution in [0.15, 0.2) is 42.5 Å². The van der Waals surface area contributed by atoms with Crippen molar-refractivity contribution in [2.75, 3.05) is 13.2 Å². The number of sulfonamides is 2. The summed E-state index contributed by atoms with van der Waals surface area (Å²) in [7, 11) is -7.09. The van der Waals surface area contributed by atoms with E-state index in [0.29, 0.717) is 32.1 Å². The molecular weight excluding hydrogens is 556 g/mol. The summed E-state index contributed by atoms with van der Waals surface area (Å²) in [6, 6.07) is 8.02. The molecule has 0 saturated heterocycles. The lowest BCUT2D eigenvalue weighted by Gasteiger charge is -2.25. The summed E-state index contributed by atoms with van der Waals surface area (Å²) in [5.41, 5.74) is 0.891. The maximum atomic E-state index is 13.0. The summed E-state index contributed by atoms with van der Waals surface area (Å²) < 4.78 is 66.6. The van der Waals surface area contributed by atoms with Crippen molar-refractivity contribution in [1.29, 1.82) is 0 Å². The topological polar surface area (TPSA) is 145 Å². The van der Waals surface area contributed by atoms with Gasteiger partial charge in [0, 0.05) is 12.2 Å². The van der Waals surface area contributed by atoms with E-state index >= 15 is 0 Å². The van der Waals surface area contributed by atoms with E-state index in [-0.39, 0.29) is 13.2 Å². The Morgan fingerprint density at radius 1 is 0.775 bits per heavy atom. The van der Waals surface area contributed by atoms with Crippen molar-refractivity contribution in [2.24, 2.45) is 0 Å². The van der Waals surface area contributed by atoms with Crippen molar-refractivity contribution in [3.05, 3.63) is 48.0 Å². The van der Waals surface area contributed by atoms with E-state index in [1.54, 1.807) is 6.92 Å². The third kappa shape index (κ3) is 10.9. The van der Waals surface area contributed by atoms with Crippen LogP contribution in [0.3, 0.4) is 0 Å². The van der Waals surface area contributed by atoms with Gasteiger partial charge >= 0.3 is 11.9 Å². The van der Waals surface area contributed by atoms with Crippen molar-refractivity contribution >= 4 is 32.0 Å². The minimum absolute atomic E-state index is 0.188. The highest BCUT2D eigenvalue weighted by Crippen LogP contribution is 2.24. The molecule has 1 aromatic carbocycles. The Labute approximate surface area is 238 Å². The van der Waals surface area contributed by atoms with Crippen LogP contribution in [0.25, 0.3) is 0 Å². The second-order valence-corrected chi connectivity index (χ2v) is 14.7. The number of ether oxygens (including phenoxy) is 2. The zero-order valence-electron chi connectivity index (χ0n) is 23.1. The van der Waals surface area contributed by atoms with Crippen LogP contribution in [0, 0.1) is 0 Å². The van der Waals surface area contributed by atoms with E-state index < -0.39 is 54.6 Å². The fraction of sp³-hybridized carbons (Fsp3) is 0.643. The molecule has 3 rings (SSSR count). The lowest BCUT2D eigenvalue weighted by atomic mass is 10.0. The smallest absolute Gasteiger partial charge is 0.331 e. The van der Waals surface area contributed by atoms with Crippen molar-refractivity contribution in [3.8, 4) is 0 Å². The number of nitrogens with one attached hydrogen (secondary N) is 2. The van der Waals surface area contributed by atoms with E-state index in [2.05, 4.69) is 9.44 Å². The molecule has 0 spiro atoms. The molecule has 0 aromatic heterocycles. The number of esters is 2. The average molecular weight is 599 g/mol. The summed E-state index contributed by atoms with van der Waals surface area (Å²) in [6.07, 6.45) is 10.2. The molecule has 2 saturated carbocycles. The summed E-state index contributed by atoms with van der Waals surface area (Å²) >= 11 is 0. The molecule has 2 atom stereocenters. The van der Waals surface area contributed by atoms with Gasteiger partial charge in [0.05, 0.1) is 22.6 Å². The molecule has 0 radical (unpaired) electrons. The first-order chi connectivity index (χ1) is 19.0. The number of hydrogen-bond donors (Lipinski definition) is 2. The van der Waals surface area contributed by atoms with Crippen molar-refractivity contribution in [1.82, 2.24) is 9.44 Å². The molecule has 10 nitrogen and oxygen atoms in total. The van der Waals surface area contributed by atoms with Crippen LogP contribution in [0.5, 0.6) is 0 Å². The van der Waals surface area contributed by atoms with Gasteiger partial charge < -0.3 is 9.47 Å². The van der Waals surface area contributed by atoms with Gasteiger partial charge in [-0.05, 0) is 44.6 Å². The van der Waals surface area contributed by atoms with Gasteiger partial charge in [0.15, 0.2) is 0 Å². The van der Waals surface area contributed by atoms with Crippen LogP contribution < -0.4 is 9.44 Å². The summed E-state index contributed by atoms with van der Waals surface area (Å²) in [5, 5.41) is -0.883. The second kappa shape index (κ2) is 15.6. The second-order valence-electron chi connectivity index (χ2n) is 10.7. The third-order valence-corrected chi connectivity index (χ3v) is 11.4. The van der Waals surface area contributed by atoms with E-state index in [4.69, 9.17) is 9.47 Å². The normalized spacial score (nSPS) is 19.2. The molecule has 0 amide bonds. The first kappa shape index (κ1) is 32.2. The number of benzene rings is 1. The molecule has 1 aromatic rings. The SMILES string of the molecule is C[C@H](COC(=O)/C=C/C(=O)OC[C@@H](Cc1ccccc1)NS(=O)(=O)C1CCCCC1)NS(=O)(=O)C1CCCCC1. The molecule has 12 heteroatoms. The number of carbonyl (C=O) groups excluding carboxylic acids is 2. The van der Waals surface area contributed by atoms with Crippen molar-refractivity contribution < 1.29 is 35.9 Å². The minimum Gasteiger partial charge on any atom is -0.461 e. The molecule has 2 aliphatic rings. The van der Waals surface area contributed by atoms with Gasteiger partial charge in [-0.2, -0.15) is 0 Å². The first-order valence-electron chi connectivity index (χ1n) is 14.1. The lowest BCUT2D eigenvalue weighted by Crippen LogP contribution is -2.45. The molecule has 0 aliphatic heterocycles. The van der Waals surface area contributed by atoms with Gasteiger partial charge in [0.2, 0.25) is 20.0 Å². The number of rotatable bonds is 14. The molecule has 0 unspecified atom stereocenters. The van der Waals surface area contributed by atoms with Crippen LogP contribution in [0.4, 0.5) is 0 Å². The molecule has 0 heterocycles. The minimum atomic E-state index is -3.59. The maximum Gasteiger partial charge on any atom is 0.331 e. The number of carbonyl (C=O) groups is 2. The van der Waals surface area contributed by atoms with E-state index in [9.17, 15) is 26.4 Å². The van der Waals surface area contributed by atoms with E-state index in [1.165, 1.54) is 0 Å². The molecule has 2 aliphatic carbocycles. The van der Waals surface area contributed by atoms with E-state index in [1.807, 2.05) is 30.3 Å². The standard InChI is InChI=1S/C28H42N2O8S2/c1-22(29-39(33,34)25-13-7-3-8-14-25)20-37-27(31)17-18-28(32)38-21-24(19-23-11-5-2-6-12-23)30-40(35,36)26-15-9-4-10-16-26/h2,5-6,11-12,17-18,22,24-26,29-30H,3-4,7-10,13-16,19-21H2,1H3/b18-17+/t22-,24-/m1/s1. The van der Waals surface area contributed by atoms with Gasteiger partial charge in [-0.1, -0.05) is 68.9 Å². The van der Waals surface area contributed by atoms with E-state index in [0.717, 1.165) is 56.2 Å². The zero-order valence-corrected chi connectivity index (χ0v) is 24.8. The van der Waals surface area contributed by atoms with Crippen LogP contribution >= 0.6 is 0 Å². The fourth-order valence-corrected chi connectivity index (χ4v) is 8.68. The highest BCUT2D eigenvalue weighted by Gasteiger charge is 2.30. The Kier molecular flexibility index (Phi) is 12.6. The Bertz CT molecular complexity index is 1190. The molecule has 0 bridgehead atoms. The average Bonchev–Trinajstić information content (AvgIpc) is 2.95. The van der Waals surface area contributed by atoms with Gasteiger partial charge in [0.1, 0.15) is 13.2 Å². The highest BCUT2D eigenvalue weighted by molar-refractivity contribution is 7.90. The Balaban J connectivity index is 1.47. The summed E-state index contributed by atoms with van der Waals surface area (Å²) in [6.45, 7) is 1.21. The molecular formula is C28H42N2O8S2. The lowest BCUT2D eigenvalue weighted by molar-refractivity contribution is -0.141. The Morgan fingerprint density at radius 2 is 1.25 bits per heavy atom. The largest absolute Gasteiger partial charge is 0.461 e. The summed E-state index contributed by atoms with van der Waals surface area (Å²) in [4.78, 5) is 24.4. The quantitative estimate of drug-likeness (QED) is 0.245. The highest BCUT2D eigenvalue weighted by atomic mass is 32.2.